The normalized spacial score (nSPS) is 15.8. The summed E-state index contributed by atoms with van der Waals surface area (Å²) in [6.07, 6.45) is 1.87. The van der Waals surface area contributed by atoms with Gasteiger partial charge in [0.15, 0.2) is 0 Å². The Bertz CT molecular complexity index is 901. The third kappa shape index (κ3) is 4.13. The van der Waals surface area contributed by atoms with Gasteiger partial charge in [-0.2, -0.15) is 5.26 Å². The molecule has 6 heteroatoms. The fraction of sp³-hybridized carbons (Fsp3) is 0.350. The molecule has 1 unspecified atom stereocenters. The molecule has 26 heavy (non-hydrogen) atoms. The molecule has 1 heterocycles. The summed E-state index contributed by atoms with van der Waals surface area (Å²) in [5.74, 6) is 0. The van der Waals surface area contributed by atoms with Crippen molar-refractivity contribution in [2.45, 2.75) is 37.2 Å². The first-order valence-electron chi connectivity index (χ1n) is 8.84. The molecule has 0 saturated carbocycles. The summed E-state index contributed by atoms with van der Waals surface area (Å²) in [7, 11) is -3.58. The van der Waals surface area contributed by atoms with Crippen molar-refractivity contribution in [3.63, 3.8) is 0 Å². The van der Waals surface area contributed by atoms with Crippen molar-refractivity contribution in [3.8, 4) is 6.07 Å². The van der Waals surface area contributed by atoms with Crippen LogP contribution in [0.5, 0.6) is 0 Å². The Labute approximate surface area is 155 Å². The van der Waals surface area contributed by atoms with E-state index in [0.29, 0.717) is 12.1 Å². The van der Waals surface area contributed by atoms with Gasteiger partial charge in [0.1, 0.15) is 0 Å². The lowest BCUT2D eigenvalue weighted by Crippen LogP contribution is -2.45. The van der Waals surface area contributed by atoms with Crippen LogP contribution in [0.25, 0.3) is 0 Å². The predicted molar refractivity (Wildman–Crippen MR) is 101 cm³/mol. The van der Waals surface area contributed by atoms with Crippen molar-refractivity contribution >= 4 is 10.0 Å². The van der Waals surface area contributed by atoms with Crippen molar-refractivity contribution < 1.29 is 8.42 Å². The second-order valence-electron chi connectivity index (χ2n) is 6.54. The monoisotopic (exact) mass is 369 g/mol. The fourth-order valence-corrected chi connectivity index (χ4v) is 4.43. The van der Waals surface area contributed by atoms with E-state index in [4.69, 9.17) is 5.26 Å². The molecule has 3 rings (SSSR count). The van der Waals surface area contributed by atoms with Crippen molar-refractivity contribution in [1.29, 1.82) is 5.26 Å². The van der Waals surface area contributed by atoms with Crippen LogP contribution in [0.4, 0.5) is 0 Å². The summed E-state index contributed by atoms with van der Waals surface area (Å²) < 4.78 is 27.8. The van der Waals surface area contributed by atoms with Crippen LogP contribution in [-0.2, 0) is 23.0 Å². The molecule has 0 amide bonds. The van der Waals surface area contributed by atoms with Crippen molar-refractivity contribution in [3.05, 3.63) is 65.2 Å². The minimum Gasteiger partial charge on any atom is -0.295 e. The zero-order chi connectivity index (χ0) is 18.6. The molecule has 0 radical (unpaired) electrons. The van der Waals surface area contributed by atoms with Crippen LogP contribution >= 0.6 is 0 Å². The highest BCUT2D eigenvalue weighted by molar-refractivity contribution is 7.89. The number of benzene rings is 2. The van der Waals surface area contributed by atoms with Gasteiger partial charge in [-0.1, -0.05) is 31.2 Å². The van der Waals surface area contributed by atoms with E-state index in [1.165, 1.54) is 35.4 Å². The Morgan fingerprint density at radius 1 is 1.15 bits per heavy atom. The van der Waals surface area contributed by atoms with Crippen LogP contribution in [0.3, 0.4) is 0 Å². The Balaban J connectivity index is 1.66. The molecule has 1 N–H and O–H groups in total. The number of rotatable bonds is 6. The summed E-state index contributed by atoms with van der Waals surface area (Å²) in [4.78, 5) is 2.54. The van der Waals surface area contributed by atoms with Crippen LogP contribution in [0.1, 0.15) is 30.0 Å². The molecule has 2 aromatic rings. The zero-order valence-corrected chi connectivity index (χ0v) is 15.7. The molecular formula is C20H23N3O2S. The third-order valence-electron chi connectivity index (χ3n) is 4.95. The number of hydrogen-bond donors (Lipinski definition) is 1. The van der Waals surface area contributed by atoms with Crippen LogP contribution in [0.2, 0.25) is 0 Å². The Morgan fingerprint density at radius 2 is 1.85 bits per heavy atom. The van der Waals surface area contributed by atoms with Gasteiger partial charge in [0.05, 0.1) is 16.5 Å². The van der Waals surface area contributed by atoms with E-state index in [0.717, 1.165) is 25.9 Å². The van der Waals surface area contributed by atoms with Gasteiger partial charge in [0.25, 0.3) is 0 Å². The van der Waals surface area contributed by atoms with E-state index < -0.39 is 10.0 Å². The van der Waals surface area contributed by atoms with Crippen molar-refractivity contribution in [2.24, 2.45) is 0 Å². The molecular weight excluding hydrogens is 346 g/mol. The van der Waals surface area contributed by atoms with Gasteiger partial charge in [0.2, 0.25) is 10.0 Å². The highest BCUT2D eigenvalue weighted by atomic mass is 32.2. The largest absolute Gasteiger partial charge is 0.295 e. The van der Waals surface area contributed by atoms with Gasteiger partial charge >= 0.3 is 0 Å². The third-order valence-corrected chi connectivity index (χ3v) is 6.39. The Kier molecular flexibility index (Phi) is 5.72. The molecule has 5 nitrogen and oxygen atoms in total. The SMILES string of the molecule is CCC(CNS(=O)(=O)c1ccc(C#N)cc1)N1CCc2ccccc2C1. The lowest BCUT2D eigenvalue weighted by atomic mass is 9.98. The summed E-state index contributed by atoms with van der Waals surface area (Å²) >= 11 is 0. The molecule has 1 aliphatic rings. The predicted octanol–water partition coefficient (Wildman–Crippen LogP) is 2.67. The van der Waals surface area contributed by atoms with Crippen molar-refractivity contribution in [2.75, 3.05) is 13.1 Å². The Hall–Kier alpha value is -2.20. The standard InChI is InChI=1S/C20H23N3O2S/c1-2-19(23-12-11-17-5-3-4-6-18(17)15-23)14-22-26(24,25)20-9-7-16(13-21)8-10-20/h3-10,19,22H,2,11-12,14-15H2,1H3. The molecule has 0 aliphatic carbocycles. The lowest BCUT2D eigenvalue weighted by molar-refractivity contribution is 0.175. The second kappa shape index (κ2) is 8.00. The maximum atomic E-state index is 12.5. The van der Waals surface area contributed by atoms with Gasteiger partial charge in [-0.3, -0.25) is 4.90 Å². The smallest absolute Gasteiger partial charge is 0.240 e. The number of sulfonamides is 1. The van der Waals surface area contributed by atoms with Crippen LogP contribution in [0.15, 0.2) is 53.4 Å². The van der Waals surface area contributed by atoms with E-state index in [9.17, 15) is 8.42 Å². The number of nitrogens with zero attached hydrogens (tertiary/aromatic N) is 2. The summed E-state index contributed by atoms with van der Waals surface area (Å²) in [5.41, 5.74) is 3.16. The van der Waals surface area contributed by atoms with E-state index in [2.05, 4.69) is 40.8 Å². The number of fused-ring (bicyclic) bond motifs is 1. The number of hydrogen-bond acceptors (Lipinski definition) is 4. The molecule has 0 aromatic heterocycles. The molecule has 2 aromatic carbocycles. The highest BCUT2D eigenvalue weighted by Gasteiger charge is 2.24. The maximum absolute atomic E-state index is 12.5. The first kappa shape index (κ1) is 18.6. The van der Waals surface area contributed by atoms with Crippen molar-refractivity contribution in [1.82, 2.24) is 9.62 Å². The zero-order valence-electron chi connectivity index (χ0n) is 14.9. The second-order valence-corrected chi connectivity index (χ2v) is 8.31. The Morgan fingerprint density at radius 3 is 2.50 bits per heavy atom. The molecule has 1 atom stereocenters. The molecule has 0 spiro atoms. The lowest BCUT2D eigenvalue weighted by Gasteiger charge is -2.35. The first-order chi connectivity index (χ1) is 12.5. The van der Waals surface area contributed by atoms with Gasteiger partial charge in [0, 0.05) is 25.7 Å². The topological polar surface area (TPSA) is 73.2 Å². The maximum Gasteiger partial charge on any atom is 0.240 e. The minimum absolute atomic E-state index is 0.150. The van der Waals surface area contributed by atoms with E-state index in [1.807, 2.05) is 6.07 Å². The summed E-state index contributed by atoms with van der Waals surface area (Å²) in [6, 6.07) is 16.6. The minimum atomic E-state index is -3.58. The average molecular weight is 369 g/mol. The van der Waals surface area contributed by atoms with E-state index in [1.54, 1.807) is 0 Å². The molecule has 0 fully saturated rings. The van der Waals surface area contributed by atoms with Crippen LogP contribution < -0.4 is 4.72 Å². The quantitative estimate of drug-likeness (QED) is 0.850. The summed E-state index contributed by atoms with van der Waals surface area (Å²) in [6.45, 7) is 4.25. The highest BCUT2D eigenvalue weighted by Crippen LogP contribution is 2.21. The fourth-order valence-electron chi connectivity index (χ4n) is 3.36. The molecule has 0 saturated heterocycles. The van der Waals surface area contributed by atoms with E-state index in [-0.39, 0.29) is 10.9 Å². The molecule has 136 valence electrons. The van der Waals surface area contributed by atoms with Gasteiger partial charge < -0.3 is 0 Å². The molecule has 1 aliphatic heterocycles. The van der Waals surface area contributed by atoms with E-state index >= 15 is 0 Å². The van der Waals surface area contributed by atoms with Gasteiger partial charge in [-0.15, -0.1) is 0 Å². The van der Waals surface area contributed by atoms with Crippen LogP contribution in [0, 0.1) is 11.3 Å². The number of nitrogens with one attached hydrogen (secondary N) is 1. The number of nitriles is 1. The van der Waals surface area contributed by atoms with Gasteiger partial charge in [-0.25, -0.2) is 13.1 Å². The first-order valence-corrected chi connectivity index (χ1v) is 10.3. The average Bonchev–Trinajstić information content (AvgIpc) is 2.68. The van der Waals surface area contributed by atoms with Gasteiger partial charge in [-0.05, 0) is 48.2 Å². The van der Waals surface area contributed by atoms with Crippen LogP contribution in [-0.4, -0.2) is 32.4 Å². The molecule has 0 bridgehead atoms. The summed E-state index contributed by atoms with van der Waals surface area (Å²) in [5, 5.41) is 8.83.